The molecule has 2 amide bonds. The Morgan fingerprint density at radius 1 is 1.03 bits per heavy atom. The van der Waals surface area contributed by atoms with Crippen LogP contribution >= 0.6 is 0 Å². The van der Waals surface area contributed by atoms with Gasteiger partial charge in [-0.25, -0.2) is 0 Å². The molecule has 0 saturated carbocycles. The van der Waals surface area contributed by atoms with Gasteiger partial charge in [0.15, 0.2) is 11.5 Å². The molecule has 2 aromatic carbocycles. The highest BCUT2D eigenvalue weighted by molar-refractivity contribution is 5.95. The van der Waals surface area contributed by atoms with Gasteiger partial charge in [-0.1, -0.05) is 39.0 Å². The maximum absolute atomic E-state index is 13.5. The zero-order chi connectivity index (χ0) is 24.5. The van der Waals surface area contributed by atoms with Crippen molar-refractivity contribution in [1.82, 2.24) is 9.80 Å². The lowest BCUT2D eigenvalue weighted by Crippen LogP contribution is -2.49. The number of nitrogens with zero attached hydrogens (tertiary/aromatic N) is 2. The summed E-state index contributed by atoms with van der Waals surface area (Å²) in [6, 6.07) is 14.9. The molecule has 1 fully saturated rings. The second-order valence-electron chi connectivity index (χ2n) is 9.28. The number of carbonyl (C=O) groups excluding carboxylic acids is 2. The molecule has 184 valence electrons. The van der Waals surface area contributed by atoms with E-state index < -0.39 is 0 Å². The van der Waals surface area contributed by atoms with Crippen LogP contribution in [0.2, 0.25) is 0 Å². The van der Waals surface area contributed by atoms with Gasteiger partial charge in [0.25, 0.3) is 11.8 Å². The Balaban J connectivity index is 1.66. The second kappa shape index (κ2) is 12.4. The Morgan fingerprint density at radius 2 is 1.74 bits per heavy atom. The summed E-state index contributed by atoms with van der Waals surface area (Å²) < 4.78 is 11.4. The van der Waals surface area contributed by atoms with Crippen molar-refractivity contribution in [3.8, 4) is 11.5 Å². The van der Waals surface area contributed by atoms with Gasteiger partial charge >= 0.3 is 0 Å². The molecule has 0 N–H and O–H groups in total. The van der Waals surface area contributed by atoms with E-state index in [0.717, 1.165) is 25.7 Å². The zero-order valence-corrected chi connectivity index (χ0v) is 21.0. The number of amides is 2. The van der Waals surface area contributed by atoms with Crippen molar-refractivity contribution in [3.05, 3.63) is 59.7 Å². The lowest BCUT2D eigenvalue weighted by Gasteiger charge is -2.38. The molecule has 1 saturated heterocycles. The van der Waals surface area contributed by atoms with Crippen molar-refractivity contribution < 1.29 is 19.1 Å². The predicted molar refractivity (Wildman–Crippen MR) is 135 cm³/mol. The highest BCUT2D eigenvalue weighted by Gasteiger charge is 2.30. The Morgan fingerprint density at radius 3 is 2.35 bits per heavy atom. The fourth-order valence-corrected chi connectivity index (χ4v) is 4.33. The predicted octanol–water partition coefficient (Wildman–Crippen LogP) is 5.28. The van der Waals surface area contributed by atoms with Gasteiger partial charge in [-0.2, -0.15) is 0 Å². The topological polar surface area (TPSA) is 59.1 Å². The van der Waals surface area contributed by atoms with Gasteiger partial charge in [-0.15, -0.1) is 0 Å². The van der Waals surface area contributed by atoms with Crippen LogP contribution < -0.4 is 9.47 Å². The third kappa shape index (κ3) is 6.52. The molecule has 6 heteroatoms. The molecule has 34 heavy (non-hydrogen) atoms. The van der Waals surface area contributed by atoms with Crippen molar-refractivity contribution in [2.75, 3.05) is 33.4 Å². The SMILES string of the molecule is CCCN(C(=O)c1ccc(OCCC(C)C)c(OC)c1)C1CCN(C(=O)c2ccccc2)CC1. The highest BCUT2D eigenvalue weighted by Crippen LogP contribution is 2.30. The maximum atomic E-state index is 13.5. The Labute approximate surface area is 203 Å². The molecule has 3 rings (SSSR count). The van der Waals surface area contributed by atoms with Crippen molar-refractivity contribution in [2.24, 2.45) is 5.92 Å². The van der Waals surface area contributed by atoms with E-state index in [1.165, 1.54) is 0 Å². The molecular formula is C28H38N2O4. The lowest BCUT2D eigenvalue weighted by atomic mass is 10.0. The van der Waals surface area contributed by atoms with Crippen molar-refractivity contribution >= 4 is 11.8 Å². The fraction of sp³-hybridized carbons (Fsp3) is 0.500. The van der Waals surface area contributed by atoms with Crippen LogP contribution in [0.5, 0.6) is 11.5 Å². The molecule has 0 radical (unpaired) electrons. The van der Waals surface area contributed by atoms with Crippen LogP contribution in [0.15, 0.2) is 48.5 Å². The third-order valence-electron chi connectivity index (χ3n) is 6.30. The number of benzene rings is 2. The first kappa shape index (κ1) is 25.6. The minimum atomic E-state index is 0.00159. The van der Waals surface area contributed by atoms with Crippen molar-refractivity contribution in [2.45, 2.75) is 52.5 Å². The Bertz CT molecular complexity index is 937. The van der Waals surface area contributed by atoms with E-state index in [9.17, 15) is 9.59 Å². The van der Waals surface area contributed by atoms with Crippen molar-refractivity contribution in [3.63, 3.8) is 0 Å². The van der Waals surface area contributed by atoms with Gasteiger partial charge in [0.2, 0.25) is 0 Å². The van der Waals surface area contributed by atoms with Gasteiger partial charge in [-0.05, 0) is 61.9 Å². The average Bonchev–Trinajstić information content (AvgIpc) is 2.87. The quantitative estimate of drug-likeness (QED) is 0.478. The van der Waals surface area contributed by atoms with Crippen LogP contribution in [0.1, 0.15) is 67.2 Å². The summed E-state index contributed by atoms with van der Waals surface area (Å²) in [5.41, 5.74) is 1.31. The molecule has 0 atom stereocenters. The molecule has 0 aromatic heterocycles. The summed E-state index contributed by atoms with van der Waals surface area (Å²) in [5.74, 6) is 1.86. The average molecular weight is 467 g/mol. The molecule has 0 unspecified atom stereocenters. The highest BCUT2D eigenvalue weighted by atomic mass is 16.5. The molecule has 6 nitrogen and oxygen atoms in total. The molecule has 2 aromatic rings. The molecule has 1 heterocycles. The third-order valence-corrected chi connectivity index (χ3v) is 6.30. The normalized spacial score (nSPS) is 14.2. The van der Waals surface area contributed by atoms with E-state index in [1.807, 2.05) is 52.3 Å². The van der Waals surface area contributed by atoms with Crippen LogP contribution in [0.25, 0.3) is 0 Å². The van der Waals surface area contributed by atoms with E-state index in [1.54, 1.807) is 13.2 Å². The van der Waals surface area contributed by atoms with E-state index in [0.29, 0.717) is 54.8 Å². The minimum Gasteiger partial charge on any atom is -0.493 e. The number of rotatable bonds is 10. The van der Waals surface area contributed by atoms with Gasteiger partial charge in [0.05, 0.1) is 13.7 Å². The molecule has 0 spiro atoms. The summed E-state index contributed by atoms with van der Waals surface area (Å²) >= 11 is 0. The number of methoxy groups -OCH3 is 1. The van der Waals surface area contributed by atoms with Gasteiger partial charge in [0, 0.05) is 36.8 Å². The number of hydrogen-bond acceptors (Lipinski definition) is 4. The van der Waals surface area contributed by atoms with E-state index >= 15 is 0 Å². The fourth-order valence-electron chi connectivity index (χ4n) is 4.33. The van der Waals surface area contributed by atoms with Crippen LogP contribution in [-0.4, -0.2) is 61.0 Å². The number of likely N-dealkylation sites (tertiary alicyclic amines) is 1. The first-order valence-corrected chi connectivity index (χ1v) is 12.4. The lowest BCUT2D eigenvalue weighted by molar-refractivity contribution is 0.0519. The van der Waals surface area contributed by atoms with E-state index in [4.69, 9.17) is 9.47 Å². The largest absolute Gasteiger partial charge is 0.493 e. The summed E-state index contributed by atoms with van der Waals surface area (Å²) in [6.07, 6.45) is 3.39. The van der Waals surface area contributed by atoms with E-state index in [-0.39, 0.29) is 17.9 Å². The number of hydrogen-bond donors (Lipinski definition) is 0. The summed E-state index contributed by atoms with van der Waals surface area (Å²) in [7, 11) is 1.60. The second-order valence-corrected chi connectivity index (χ2v) is 9.28. The van der Waals surface area contributed by atoms with Crippen LogP contribution in [0.4, 0.5) is 0 Å². The van der Waals surface area contributed by atoms with Crippen LogP contribution in [-0.2, 0) is 0 Å². The monoisotopic (exact) mass is 466 g/mol. The standard InChI is InChI=1S/C28H38N2O4/c1-5-16-30(24-13-17-29(18-14-24)27(31)22-9-7-6-8-10-22)28(32)23-11-12-25(26(20-23)33-4)34-19-15-21(2)3/h6-12,20-21,24H,5,13-19H2,1-4H3. The zero-order valence-electron chi connectivity index (χ0n) is 21.0. The first-order chi connectivity index (χ1) is 16.4. The number of carbonyl (C=O) groups is 2. The van der Waals surface area contributed by atoms with E-state index in [2.05, 4.69) is 20.8 Å². The number of ether oxygens (including phenoxy) is 2. The van der Waals surface area contributed by atoms with Gasteiger partial charge in [-0.3, -0.25) is 9.59 Å². The van der Waals surface area contributed by atoms with Gasteiger partial charge < -0.3 is 19.3 Å². The first-order valence-electron chi connectivity index (χ1n) is 12.4. The number of piperidine rings is 1. The van der Waals surface area contributed by atoms with Crippen LogP contribution in [0, 0.1) is 5.92 Å². The summed E-state index contributed by atoms with van der Waals surface area (Å²) in [5, 5.41) is 0. The molecular weight excluding hydrogens is 428 g/mol. The molecule has 1 aliphatic heterocycles. The Kier molecular flexibility index (Phi) is 9.37. The molecule has 1 aliphatic rings. The molecule has 0 aliphatic carbocycles. The smallest absolute Gasteiger partial charge is 0.254 e. The van der Waals surface area contributed by atoms with Crippen molar-refractivity contribution in [1.29, 1.82) is 0 Å². The summed E-state index contributed by atoms with van der Waals surface area (Å²) in [6.45, 7) is 9.00. The molecule has 0 bridgehead atoms. The van der Waals surface area contributed by atoms with Gasteiger partial charge in [0.1, 0.15) is 0 Å². The summed E-state index contributed by atoms with van der Waals surface area (Å²) in [4.78, 5) is 30.2. The van der Waals surface area contributed by atoms with Crippen LogP contribution in [0.3, 0.4) is 0 Å². The maximum Gasteiger partial charge on any atom is 0.254 e. The minimum absolute atomic E-state index is 0.00159. The Hall–Kier alpha value is -3.02.